The van der Waals surface area contributed by atoms with E-state index >= 15 is 0 Å². The van der Waals surface area contributed by atoms with Crippen molar-refractivity contribution >= 4 is 50.7 Å². The van der Waals surface area contributed by atoms with Gasteiger partial charge in [-0.25, -0.2) is 22.3 Å². The molecule has 176 valence electrons. The Hall–Kier alpha value is -2.11. The van der Waals surface area contributed by atoms with Gasteiger partial charge in [0.1, 0.15) is 11.9 Å². The maximum Gasteiger partial charge on any atom is 0.414 e. The van der Waals surface area contributed by atoms with Crippen LogP contribution in [0.25, 0.3) is 0 Å². The highest BCUT2D eigenvalue weighted by Crippen LogP contribution is 2.41. The van der Waals surface area contributed by atoms with Crippen LogP contribution in [0.5, 0.6) is 0 Å². The minimum absolute atomic E-state index is 0.0700. The smallest absolute Gasteiger partial charge is 0.414 e. The quantitative estimate of drug-likeness (QED) is 0.635. The average Bonchev–Trinajstić information content (AvgIpc) is 3.05. The molecule has 0 bridgehead atoms. The Kier molecular flexibility index (Phi) is 5.69. The van der Waals surface area contributed by atoms with Gasteiger partial charge in [-0.1, -0.05) is 23.2 Å². The first kappa shape index (κ1) is 22.7. The second kappa shape index (κ2) is 8.28. The maximum absolute atomic E-state index is 14.8. The molecule has 1 N–H and O–H groups in total. The van der Waals surface area contributed by atoms with Gasteiger partial charge < -0.3 is 14.4 Å². The molecule has 0 saturated carbocycles. The molecule has 12 heteroatoms. The molecule has 1 amide bonds. The maximum atomic E-state index is 14.8. The van der Waals surface area contributed by atoms with Crippen molar-refractivity contribution < 1.29 is 27.1 Å². The minimum Gasteiger partial charge on any atom is -0.443 e. The Morgan fingerprint density at radius 1 is 1.12 bits per heavy atom. The molecule has 8 nitrogen and oxygen atoms in total. The Balaban J connectivity index is 1.22. The number of cyclic esters (lactones) is 1. The number of carbonyl (C=O) groups excluding carboxylic acids is 1. The second-order valence-electron chi connectivity index (χ2n) is 8.56. The summed E-state index contributed by atoms with van der Waals surface area (Å²) in [5.41, 5.74) is 0.977. The number of amides is 1. The van der Waals surface area contributed by atoms with Gasteiger partial charge in [0.05, 0.1) is 41.4 Å². The first-order valence-electron chi connectivity index (χ1n) is 10.2. The highest BCUT2D eigenvalue weighted by Gasteiger charge is 2.49. The lowest BCUT2D eigenvalue weighted by atomic mass is 9.78. The van der Waals surface area contributed by atoms with Crippen molar-refractivity contribution in [2.75, 3.05) is 49.2 Å². The standard InChI is InChI=1S/C21H20Cl2FN3O5S/c22-13-3-14(23)5-17(4-13)33(29,30)25-7-16-8-27(20(28)32-16)15-1-2-19(18(24)6-15)26-9-21(10-26)11-31-12-21/h1-6,16,25H,7-12H2/t16-/m0/s1. The Morgan fingerprint density at radius 2 is 1.82 bits per heavy atom. The van der Waals surface area contributed by atoms with Crippen LogP contribution in [0.15, 0.2) is 41.3 Å². The molecule has 0 radical (unpaired) electrons. The molecule has 0 aromatic heterocycles. The molecule has 1 atom stereocenters. The molecule has 2 aromatic carbocycles. The van der Waals surface area contributed by atoms with Crippen LogP contribution in [0.4, 0.5) is 20.6 Å². The van der Waals surface area contributed by atoms with Gasteiger partial charge in [0.25, 0.3) is 0 Å². The zero-order chi connectivity index (χ0) is 23.4. The number of carbonyl (C=O) groups is 1. The number of nitrogens with zero attached hydrogens (tertiary/aromatic N) is 2. The zero-order valence-corrected chi connectivity index (χ0v) is 19.6. The minimum atomic E-state index is -3.92. The molecule has 3 aliphatic rings. The Bertz CT molecular complexity index is 1200. The summed E-state index contributed by atoms with van der Waals surface area (Å²) < 4.78 is 52.7. The van der Waals surface area contributed by atoms with Gasteiger partial charge in [0.15, 0.2) is 0 Å². The average molecular weight is 516 g/mol. The summed E-state index contributed by atoms with van der Waals surface area (Å²) >= 11 is 11.8. The molecule has 1 spiro atoms. The number of ether oxygens (including phenoxy) is 2. The normalized spacial score (nSPS) is 21.7. The van der Waals surface area contributed by atoms with Crippen LogP contribution >= 0.6 is 23.2 Å². The van der Waals surface area contributed by atoms with E-state index in [0.29, 0.717) is 24.6 Å². The summed E-state index contributed by atoms with van der Waals surface area (Å²) in [5.74, 6) is -0.433. The lowest BCUT2D eigenvalue weighted by Gasteiger charge is -2.56. The molecule has 3 heterocycles. The van der Waals surface area contributed by atoms with E-state index in [-0.39, 0.29) is 33.4 Å². The van der Waals surface area contributed by atoms with Crippen molar-refractivity contribution in [2.45, 2.75) is 11.0 Å². The Morgan fingerprint density at radius 3 is 2.42 bits per heavy atom. The third-order valence-corrected chi connectivity index (χ3v) is 7.81. The Labute approximate surface area is 200 Å². The number of rotatable bonds is 6. The van der Waals surface area contributed by atoms with E-state index in [1.54, 1.807) is 12.1 Å². The molecule has 5 rings (SSSR count). The summed E-state index contributed by atoms with van der Waals surface area (Å²) in [6, 6.07) is 8.55. The van der Waals surface area contributed by atoms with Gasteiger partial charge in [0, 0.05) is 29.7 Å². The molecule has 2 aromatic rings. The van der Waals surface area contributed by atoms with Gasteiger partial charge in [-0.2, -0.15) is 0 Å². The van der Waals surface area contributed by atoms with Crippen LogP contribution in [0.3, 0.4) is 0 Å². The van der Waals surface area contributed by atoms with Gasteiger partial charge in [-0.3, -0.25) is 4.90 Å². The summed E-state index contributed by atoms with van der Waals surface area (Å²) in [4.78, 5) is 15.5. The molecule has 0 aliphatic carbocycles. The summed E-state index contributed by atoms with van der Waals surface area (Å²) in [6.07, 6.45) is -1.43. The van der Waals surface area contributed by atoms with Gasteiger partial charge >= 0.3 is 6.09 Å². The van der Waals surface area contributed by atoms with Crippen LogP contribution < -0.4 is 14.5 Å². The lowest BCUT2D eigenvalue weighted by molar-refractivity contribution is -0.127. The summed E-state index contributed by atoms with van der Waals surface area (Å²) in [5, 5.41) is 0.363. The van der Waals surface area contributed by atoms with E-state index in [9.17, 15) is 17.6 Å². The topological polar surface area (TPSA) is 88.2 Å². The fourth-order valence-corrected chi connectivity index (χ4v) is 6.03. The third-order valence-electron chi connectivity index (χ3n) is 5.97. The largest absolute Gasteiger partial charge is 0.443 e. The van der Waals surface area contributed by atoms with Crippen LogP contribution in [-0.2, 0) is 19.5 Å². The van der Waals surface area contributed by atoms with Gasteiger partial charge in [-0.15, -0.1) is 0 Å². The number of sulfonamides is 1. The molecule has 0 unspecified atom stereocenters. The SMILES string of the molecule is O=C1O[C@@H](CNS(=O)(=O)c2cc(Cl)cc(Cl)c2)CN1c1ccc(N2CC3(COC3)C2)c(F)c1. The van der Waals surface area contributed by atoms with Crippen LogP contribution in [0.1, 0.15) is 0 Å². The number of benzene rings is 2. The molecule has 3 aliphatic heterocycles. The second-order valence-corrected chi connectivity index (χ2v) is 11.2. The molecule has 3 saturated heterocycles. The number of halogens is 3. The predicted molar refractivity (Wildman–Crippen MR) is 121 cm³/mol. The van der Waals surface area contributed by atoms with Crippen molar-refractivity contribution in [3.8, 4) is 0 Å². The number of hydrogen-bond donors (Lipinski definition) is 1. The molecule has 33 heavy (non-hydrogen) atoms. The van der Waals surface area contributed by atoms with Crippen LogP contribution in [-0.4, -0.2) is 60.0 Å². The van der Waals surface area contributed by atoms with Crippen molar-refractivity contribution in [3.05, 3.63) is 52.3 Å². The predicted octanol–water partition coefficient (Wildman–Crippen LogP) is 3.27. The van der Waals surface area contributed by atoms with Crippen molar-refractivity contribution in [1.29, 1.82) is 0 Å². The van der Waals surface area contributed by atoms with E-state index in [1.807, 2.05) is 4.90 Å². The van der Waals surface area contributed by atoms with Crippen molar-refractivity contribution in [2.24, 2.45) is 5.41 Å². The zero-order valence-electron chi connectivity index (χ0n) is 17.3. The number of anilines is 2. The monoisotopic (exact) mass is 515 g/mol. The summed E-state index contributed by atoms with van der Waals surface area (Å²) in [6.45, 7) is 2.81. The van der Waals surface area contributed by atoms with E-state index in [0.717, 1.165) is 13.1 Å². The highest BCUT2D eigenvalue weighted by molar-refractivity contribution is 7.89. The van der Waals surface area contributed by atoms with Crippen molar-refractivity contribution in [3.63, 3.8) is 0 Å². The fourth-order valence-electron chi connectivity index (χ4n) is 4.24. The van der Waals surface area contributed by atoms with E-state index in [1.165, 1.54) is 29.2 Å². The first-order chi connectivity index (χ1) is 15.6. The molecular formula is C21H20Cl2FN3O5S. The number of hydrogen-bond acceptors (Lipinski definition) is 6. The van der Waals surface area contributed by atoms with E-state index in [4.69, 9.17) is 32.7 Å². The van der Waals surface area contributed by atoms with E-state index < -0.39 is 28.0 Å². The van der Waals surface area contributed by atoms with Gasteiger partial charge in [0.2, 0.25) is 10.0 Å². The van der Waals surface area contributed by atoms with E-state index in [2.05, 4.69) is 4.72 Å². The summed E-state index contributed by atoms with van der Waals surface area (Å²) in [7, 11) is -3.92. The van der Waals surface area contributed by atoms with Crippen molar-refractivity contribution in [1.82, 2.24) is 4.72 Å². The lowest BCUT2D eigenvalue weighted by Crippen LogP contribution is -2.66. The third kappa shape index (κ3) is 4.38. The fraction of sp³-hybridized carbons (Fsp3) is 0.381. The number of nitrogens with one attached hydrogen (secondary N) is 1. The molecular weight excluding hydrogens is 496 g/mol. The van der Waals surface area contributed by atoms with Gasteiger partial charge in [-0.05, 0) is 36.4 Å². The highest BCUT2D eigenvalue weighted by atomic mass is 35.5. The van der Waals surface area contributed by atoms with Crippen LogP contribution in [0.2, 0.25) is 10.0 Å². The first-order valence-corrected chi connectivity index (χ1v) is 12.4. The van der Waals surface area contributed by atoms with Crippen LogP contribution in [0, 0.1) is 11.2 Å². The molecule has 3 fully saturated rings.